The van der Waals surface area contributed by atoms with Crippen LogP contribution in [0.5, 0.6) is 5.75 Å². The Morgan fingerprint density at radius 1 is 1.29 bits per heavy atom. The third-order valence-corrected chi connectivity index (χ3v) is 8.22. The van der Waals surface area contributed by atoms with Crippen LogP contribution >= 0.6 is 11.6 Å². The van der Waals surface area contributed by atoms with Crippen molar-refractivity contribution in [1.82, 2.24) is 5.32 Å². The largest absolute Gasteiger partial charge is 0.504 e. The van der Waals surface area contributed by atoms with E-state index in [1.165, 1.54) is 12.1 Å². The first-order chi connectivity index (χ1) is 13.2. The summed E-state index contributed by atoms with van der Waals surface area (Å²) in [6.45, 7) is 1.94. The quantitative estimate of drug-likeness (QED) is 0.490. The Hall–Kier alpha value is -1.77. The zero-order valence-corrected chi connectivity index (χ0v) is 17.4. The summed E-state index contributed by atoms with van der Waals surface area (Å²) in [7, 11) is -2.33. The molecule has 7 nitrogen and oxygen atoms in total. The number of hydrogen-bond acceptors (Lipinski definition) is 5. The van der Waals surface area contributed by atoms with Gasteiger partial charge in [0.05, 0.1) is 28.1 Å². The van der Waals surface area contributed by atoms with Gasteiger partial charge in [-0.05, 0) is 51.2 Å². The van der Waals surface area contributed by atoms with Gasteiger partial charge >= 0.3 is 6.03 Å². The number of amides is 2. The molecule has 0 aromatic heterocycles. The molecule has 0 radical (unpaired) electrons. The second-order valence-corrected chi connectivity index (χ2v) is 9.86. The number of aromatic hydroxyl groups is 1. The highest BCUT2D eigenvalue weighted by molar-refractivity contribution is 7.92. The van der Waals surface area contributed by atoms with E-state index in [0.29, 0.717) is 19.3 Å². The van der Waals surface area contributed by atoms with E-state index in [0.717, 1.165) is 18.4 Å². The molecule has 0 saturated heterocycles. The Balaban J connectivity index is 1.82. The Morgan fingerprint density at radius 2 is 2.04 bits per heavy atom. The summed E-state index contributed by atoms with van der Waals surface area (Å²) in [4.78, 5) is 11.9. The molecule has 0 bridgehead atoms. The van der Waals surface area contributed by atoms with Crippen molar-refractivity contribution >= 4 is 33.2 Å². The summed E-state index contributed by atoms with van der Waals surface area (Å²) in [5.41, 5.74) is 1.08. The van der Waals surface area contributed by atoms with E-state index in [1.807, 2.05) is 6.92 Å². The van der Waals surface area contributed by atoms with Crippen molar-refractivity contribution in [3.05, 3.63) is 28.8 Å². The van der Waals surface area contributed by atoms with Crippen molar-refractivity contribution in [3.63, 3.8) is 0 Å². The third kappa shape index (κ3) is 4.14. The maximum atomic E-state index is 13.1. The van der Waals surface area contributed by atoms with Crippen molar-refractivity contribution in [3.8, 4) is 5.75 Å². The fraction of sp³-hybridized carbons (Fsp3) is 0.526. The monoisotopic (exact) mass is 428 g/mol. The molecule has 2 amide bonds. The first-order valence-electron chi connectivity index (χ1n) is 9.26. The Labute approximate surface area is 170 Å². The molecule has 28 heavy (non-hydrogen) atoms. The van der Waals surface area contributed by atoms with E-state index in [2.05, 4.69) is 16.7 Å². The van der Waals surface area contributed by atoms with Gasteiger partial charge < -0.3 is 20.5 Å². The highest BCUT2D eigenvalue weighted by Gasteiger charge is 2.38. The number of benzene rings is 1. The highest BCUT2D eigenvalue weighted by atomic mass is 35.5. The number of anilines is 1. The molecular formula is C19H25ClN2O5S. The van der Waals surface area contributed by atoms with Crippen LogP contribution in [0.2, 0.25) is 5.02 Å². The molecule has 9 heteroatoms. The van der Waals surface area contributed by atoms with Gasteiger partial charge in [-0.3, -0.25) is 0 Å². The predicted octanol–water partition coefficient (Wildman–Crippen LogP) is 3.62. The van der Waals surface area contributed by atoms with Crippen LogP contribution in [0.25, 0.3) is 0 Å². The molecule has 1 saturated carbocycles. The first kappa shape index (κ1) is 21.0. The van der Waals surface area contributed by atoms with Crippen molar-refractivity contribution in [2.45, 2.75) is 61.3 Å². The number of phenols is 1. The summed E-state index contributed by atoms with van der Waals surface area (Å²) in [6, 6.07) is 2.18. The van der Waals surface area contributed by atoms with Gasteiger partial charge in [-0.2, -0.15) is 0 Å². The number of halogens is 1. The fourth-order valence-corrected chi connectivity index (χ4v) is 6.27. The topological polar surface area (TPSA) is 105 Å². The summed E-state index contributed by atoms with van der Waals surface area (Å²) in [5.74, 6) is -0.540. The normalized spacial score (nSPS) is 24.8. The minimum atomic E-state index is -3.88. The number of hydrogen-bond donors (Lipinski definition) is 3. The number of ether oxygens (including phenoxy) is 1. The molecule has 2 aliphatic rings. The minimum absolute atomic E-state index is 0.00129. The van der Waals surface area contributed by atoms with Crippen molar-refractivity contribution in [2.75, 3.05) is 12.4 Å². The molecule has 1 aromatic rings. The van der Waals surface area contributed by atoms with Gasteiger partial charge in [0, 0.05) is 7.11 Å². The molecule has 0 unspecified atom stereocenters. The second kappa shape index (κ2) is 8.31. The number of sulfone groups is 1. The first-order valence-corrected chi connectivity index (χ1v) is 11.2. The standard InChI is InChI=1S/C19H25ClN2O5S/c1-11-4-3-5-15(11)21-19(24)22-16-9-8-14(20)18(17(16)23)28(25,26)13-7-6-12(10-13)27-2/h4,8-9,12-13,15,23H,3,5-7,10H2,1-2H3,(H2,21,22,24)/t12-,13-,15+/m0/s1. The smallest absolute Gasteiger partial charge is 0.319 e. The zero-order valence-electron chi connectivity index (χ0n) is 15.9. The zero-order chi connectivity index (χ0) is 20.5. The number of allylic oxidation sites excluding steroid dienone is 1. The number of carbonyl (C=O) groups is 1. The van der Waals surface area contributed by atoms with E-state index in [-0.39, 0.29) is 27.8 Å². The van der Waals surface area contributed by atoms with E-state index < -0.39 is 26.9 Å². The van der Waals surface area contributed by atoms with Crippen molar-refractivity contribution in [1.29, 1.82) is 0 Å². The van der Waals surface area contributed by atoms with Crippen molar-refractivity contribution in [2.24, 2.45) is 0 Å². The number of urea groups is 1. The van der Waals surface area contributed by atoms with Gasteiger partial charge in [-0.1, -0.05) is 23.3 Å². The Bertz CT molecular complexity index is 900. The lowest BCUT2D eigenvalue weighted by atomic mass is 10.2. The molecule has 3 rings (SSSR count). The molecule has 1 aromatic carbocycles. The van der Waals surface area contributed by atoms with Crippen LogP contribution in [0.15, 0.2) is 28.7 Å². The van der Waals surface area contributed by atoms with E-state index in [9.17, 15) is 18.3 Å². The molecule has 2 aliphatic carbocycles. The van der Waals surface area contributed by atoms with Crippen LogP contribution in [0.3, 0.4) is 0 Å². The lowest BCUT2D eigenvalue weighted by molar-refractivity contribution is 0.109. The van der Waals surface area contributed by atoms with Gasteiger partial charge in [-0.25, -0.2) is 13.2 Å². The molecule has 0 aliphatic heterocycles. The molecule has 1 fully saturated rings. The third-order valence-electron chi connectivity index (χ3n) is 5.50. The molecule has 154 valence electrons. The Morgan fingerprint density at radius 3 is 2.64 bits per heavy atom. The summed E-state index contributed by atoms with van der Waals surface area (Å²) in [5, 5.41) is 15.2. The van der Waals surface area contributed by atoms with Crippen LogP contribution < -0.4 is 10.6 Å². The van der Waals surface area contributed by atoms with Gasteiger partial charge in [-0.15, -0.1) is 0 Å². The molecule has 0 spiro atoms. The van der Waals surface area contributed by atoms with Gasteiger partial charge in [0.2, 0.25) is 0 Å². The highest BCUT2D eigenvalue weighted by Crippen LogP contribution is 2.42. The number of rotatable bonds is 5. The summed E-state index contributed by atoms with van der Waals surface area (Å²) < 4.78 is 31.4. The maximum absolute atomic E-state index is 13.1. The van der Waals surface area contributed by atoms with Crippen molar-refractivity contribution < 1.29 is 23.1 Å². The average molecular weight is 429 g/mol. The number of carbonyl (C=O) groups excluding carboxylic acids is 1. The fourth-order valence-electron chi connectivity index (χ4n) is 3.83. The number of methoxy groups -OCH3 is 1. The van der Waals surface area contributed by atoms with E-state index >= 15 is 0 Å². The lowest BCUT2D eigenvalue weighted by Gasteiger charge is -2.18. The molecule has 3 atom stereocenters. The van der Waals surface area contributed by atoms with Crippen LogP contribution in [-0.4, -0.2) is 44.1 Å². The molecule has 3 N–H and O–H groups in total. The van der Waals surface area contributed by atoms with Gasteiger partial charge in [0.1, 0.15) is 4.90 Å². The van der Waals surface area contributed by atoms with E-state index in [1.54, 1.807) is 7.11 Å². The summed E-state index contributed by atoms with van der Waals surface area (Å²) >= 11 is 6.12. The van der Waals surface area contributed by atoms with Crippen LogP contribution in [0.4, 0.5) is 10.5 Å². The Kier molecular flexibility index (Phi) is 6.21. The van der Waals surface area contributed by atoms with Crippen LogP contribution in [0, 0.1) is 0 Å². The van der Waals surface area contributed by atoms with Crippen LogP contribution in [0.1, 0.15) is 39.0 Å². The van der Waals surface area contributed by atoms with Gasteiger partial charge in [0.25, 0.3) is 0 Å². The SMILES string of the molecule is CO[C@H]1CC[C@H](S(=O)(=O)c2c(Cl)ccc(NC(=O)N[C@@H]3CCC=C3C)c2O)C1. The molecular weight excluding hydrogens is 404 g/mol. The lowest BCUT2D eigenvalue weighted by Crippen LogP contribution is -2.37. The average Bonchev–Trinajstić information content (AvgIpc) is 3.27. The summed E-state index contributed by atoms with van der Waals surface area (Å²) in [6.07, 6.45) is 5.05. The number of nitrogens with one attached hydrogen (secondary N) is 2. The van der Waals surface area contributed by atoms with Crippen LogP contribution in [-0.2, 0) is 14.6 Å². The van der Waals surface area contributed by atoms with E-state index in [4.69, 9.17) is 16.3 Å². The molecule has 0 heterocycles. The second-order valence-electron chi connectivity index (χ2n) is 7.29. The predicted molar refractivity (Wildman–Crippen MR) is 108 cm³/mol. The maximum Gasteiger partial charge on any atom is 0.319 e. The van der Waals surface area contributed by atoms with Gasteiger partial charge in [0.15, 0.2) is 15.6 Å². The number of phenolic OH excluding ortho intramolecular Hbond substituents is 1. The minimum Gasteiger partial charge on any atom is -0.504 e.